The van der Waals surface area contributed by atoms with Crippen LogP contribution in [0.3, 0.4) is 0 Å². The highest BCUT2D eigenvalue weighted by Gasteiger charge is 2.26. The van der Waals surface area contributed by atoms with Gasteiger partial charge in [0.1, 0.15) is 0 Å². The minimum absolute atomic E-state index is 0.900. The molecule has 0 heteroatoms. The molecule has 0 aliphatic heterocycles. The van der Waals surface area contributed by atoms with E-state index in [-0.39, 0.29) is 0 Å². The molecule has 0 N–H and O–H groups in total. The molecule has 66 valence electrons. The van der Waals surface area contributed by atoms with Crippen molar-refractivity contribution in [1.29, 1.82) is 0 Å². The van der Waals surface area contributed by atoms with Crippen LogP contribution in [0.4, 0.5) is 0 Å². The quantitative estimate of drug-likeness (QED) is 0.540. The monoisotopic (exact) mass is 154 g/mol. The maximum absolute atomic E-state index is 2.43. The lowest BCUT2D eigenvalue weighted by atomic mass is 9.71. The summed E-state index contributed by atoms with van der Waals surface area (Å²) in [6.45, 7) is 9.57. The van der Waals surface area contributed by atoms with E-state index in [1.807, 2.05) is 0 Å². The fourth-order valence-electron chi connectivity index (χ4n) is 2.68. The van der Waals surface area contributed by atoms with Crippen LogP contribution < -0.4 is 0 Å². The Hall–Kier alpha value is 0. The third kappa shape index (κ3) is 2.21. The third-order valence-electron chi connectivity index (χ3n) is 3.35. The summed E-state index contributed by atoms with van der Waals surface area (Å²) in [5.74, 6) is 3.86. The second-order valence-electron chi connectivity index (χ2n) is 4.80. The Morgan fingerprint density at radius 1 is 1.09 bits per heavy atom. The van der Waals surface area contributed by atoms with E-state index in [0.717, 1.165) is 23.7 Å². The van der Waals surface area contributed by atoms with Crippen LogP contribution in [0.25, 0.3) is 0 Å². The number of hydrogen-bond donors (Lipinski definition) is 0. The Labute approximate surface area is 71.4 Å². The number of hydrogen-bond acceptors (Lipinski definition) is 0. The normalized spacial score (nSPS) is 39.5. The second-order valence-corrected chi connectivity index (χ2v) is 4.80. The standard InChI is InChI=1S/C11H22/c1-8(2)11-6-5-9(3)7-10(11)4/h8-11H,5-7H2,1-4H3/t9-,10-,11+/m1/s1. The van der Waals surface area contributed by atoms with Crippen molar-refractivity contribution in [3.05, 3.63) is 0 Å². The van der Waals surface area contributed by atoms with Crippen molar-refractivity contribution in [3.8, 4) is 0 Å². The molecule has 1 saturated carbocycles. The third-order valence-corrected chi connectivity index (χ3v) is 3.35. The summed E-state index contributed by atoms with van der Waals surface area (Å²) in [6, 6.07) is 0. The Morgan fingerprint density at radius 3 is 2.18 bits per heavy atom. The van der Waals surface area contributed by atoms with Crippen LogP contribution in [-0.2, 0) is 0 Å². The summed E-state index contributed by atoms with van der Waals surface area (Å²) in [5, 5.41) is 0. The highest BCUT2D eigenvalue weighted by molar-refractivity contribution is 4.77. The molecule has 0 bridgehead atoms. The van der Waals surface area contributed by atoms with E-state index in [1.54, 1.807) is 0 Å². The van der Waals surface area contributed by atoms with E-state index in [0.29, 0.717) is 0 Å². The molecular weight excluding hydrogens is 132 g/mol. The van der Waals surface area contributed by atoms with Gasteiger partial charge in [-0.05, 0) is 36.5 Å². The summed E-state index contributed by atoms with van der Waals surface area (Å²) < 4.78 is 0. The molecule has 0 saturated heterocycles. The molecule has 0 heterocycles. The van der Waals surface area contributed by atoms with E-state index in [1.165, 1.54) is 19.3 Å². The maximum Gasteiger partial charge on any atom is -0.0365 e. The first-order valence-electron chi connectivity index (χ1n) is 5.11. The summed E-state index contributed by atoms with van der Waals surface area (Å²) >= 11 is 0. The van der Waals surface area contributed by atoms with Gasteiger partial charge in [-0.1, -0.05) is 34.1 Å². The predicted octanol–water partition coefficient (Wildman–Crippen LogP) is 3.71. The van der Waals surface area contributed by atoms with Gasteiger partial charge in [-0.25, -0.2) is 0 Å². The van der Waals surface area contributed by atoms with Crippen LogP contribution in [0.15, 0.2) is 0 Å². The van der Waals surface area contributed by atoms with Gasteiger partial charge in [0, 0.05) is 0 Å². The lowest BCUT2D eigenvalue weighted by Gasteiger charge is -2.35. The average Bonchev–Trinajstić information content (AvgIpc) is 1.85. The molecule has 0 spiro atoms. The van der Waals surface area contributed by atoms with Crippen molar-refractivity contribution in [2.75, 3.05) is 0 Å². The maximum atomic E-state index is 2.43. The minimum Gasteiger partial charge on any atom is -0.0625 e. The van der Waals surface area contributed by atoms with Gasteiger partial charge in [0.15, 0.2) is 0 Å². The van der Waals surface area contributed by atoms with Crippen molar-refractivity contribution in [2.45, 2.75) is 47.0 Å². The van der Waals surface area contributed by atoms with Gasteiger partial charge in [-0.15, -0.1) is 0 Å². The first kappa shape index (κ1) is 9.09. The van der Waals surface area contributed by atoms with Crippen LogP contribution in [0.5, 0.6) is 0 Å². The zero-order chi connectivity index (χ0) is 8.43. The number of rotatable bonds is 1. The van der Waals surface area contributed by atoms with Crippen LogP contribution >= 0.6 is 0 Å². The van der Waals surface area contributed by atoms with E-state index in [4.69, 9.17) is 0 Å². The lowest BCUT2D eigenvalue weighted by molar-refractivity contribution is 0.158. The molecular formula is C11H22. The van der Waals surface area contributed by atoms with Gasteiger partial charge >= 0.3 is 0 Å². The van der Waals surface area contributed by atoms with Crippen LogP contribution in [0.2, 0.25) is 0 Å². The van der Waals surface area contributed by atoms with Crippen molar-refractivity contribution in [2.24, 2.45) is 23.7 Å². The summed E-state index contributed by atoms with van der Waals surface area (Å²) in [4.78, 5) is 0. The molecule has 0 amide bonds. The topological polar surface area (TPSA) is 0 Å². The average molecular weight is 154 g/mol. The van der Waals surface area contributed by atoms with Crippen molar-refractivity contribution < 1.29 is 0 Å². The Morgan fingerprint density at radius 2 is 1.73 bits per heavy atom. The molecule has 11 heavy (non-hydrogen) atoms. The zero-order valence-corrected chi connectivity index (χ0v) is 8.43. The highest BCUT2D eigenvalue weighted by Crippen LogP contribution is 2.37. The highest BCUT2D eigenvalue weighted by atomic mass is 14.3. The van der Waals surface area contributed by atoms with Gasteiger partial charge in [0.05, 0.1) is 0 Å². The molecule has 0 aromatic carbocycles. The van der Waals surface area contributed by atoms with E-state index < -0.39 is 0 Å². The summed E-state index contributed by atoms with van der Waals surface area (Å²) in [7, 11) is 0. The predicted molar refractivity (Wildman–Crippen MR) is 50.5 cm³/mol. The molecule has 0 radical (unpaired) electrons. The molecule has 0 unspecified atom stereocenters. The first-order valence-corrected chi connectivity index (χ1v) is 5.11. The van der Waals surface area contributed by atoms with E-state index in [9.17, 15) is 0 Å². The van der Waals surface area contributed by atoms with Crippen LogP contribution in [-0.4, -0.2) is 0 Å². The molecule has 0 nitrogen and oxygen atoms in total. The van der Waals surface area contributed by atoms with Gasteiger partial charge in [0.25, 0.3) is 0 Å². The SMILES string of the molecule is CC(C)[C@@H]1CC[C@@H](C)C[C@H]1C. The lowest BCUT2D eigenvalue weighted by Crippen LogP contribution is -2.25. The van der Waals surface area contributed by atoms with Crippen molar-refractivity contribution in [3.63, 3.8) is 0 Å². The van der Waals surface area contributed by atoms with Gasteiger partial charge in [0.2, 0.25) is 0 Å². The molecule has 0 aromatic heterocycles. The fourth-order valence-corrected chi connectivity index (χ4v) is 2.68. The van der Waals surface area contributed by atoms with Gasteiger partial charge in [-0.3, -0.25) is 0 Å². The van der Waals surface area contributed by atoms with Gasteiger partial charge in [-0.2, -0.15) is 0 Å². The van der Waals surface area contributed by atoms with Crippen molar-refractivity contribution >= 4 is 0 Å². The molecule has 1 aliphatic carbocycles. The minimum atomic E-state index is 0.900. The first-order chi connectivity index (χ1) is 5.11. The van der Waals surface area contributed by atoms with Crippen LogP contribution in [0, 0.1) is 23.7 Å². The summed E-state index contributed by atoms with van der Waals surface area (Å²) in [5.41, 5.74) is 0. The second kappa shape index (κ2) is 3.60. The van der Waals surface area contributed by atoms with Crippen molar-refractivity contribution in [1.82, 2.24) is 0 Å². The fraction of sp³-hybridized carbons (Fsp3) is 1.00. The molecule has 1 fully saturated rings. The summed E-state index contributed by atoms with van der Waals surface area (Å²) in [6.07, 6.45) is 4.40. The molecule has 3 atom stereocenters. The largest absolute Gasteiger partial charge is 0.0625 e. The Balaban J connectivity index is 2.44. The Bertz CT molecular complexity index is 115. The van der Waals surface area contributed by atoms with E-state index >= 15 is 0 Å². The molecule has 1 rings (SSSR count). The van der Waals surface area contributed by atoms with Crippen LogP contribution in [0.1, 0.15) is 47.0 Å². The Kier molecular flexibility index (Phi) is 2.98. The zero-order valence-electron chi connectivity index (χ0n) is 8.43. The molecule has 0 aromatic rings. The van der Waals surface area contributed by atoms with Gasteiger partial charge < -0.3 is 0 Å². The smallest absolute Gasteiger partial charge is 0.0365 e. The molecule has 1 aliphatic rings. The van der Waals surface area contributed by atoms with E-state index in [2.05, 4.69) is 27.7 Å².